The molecule has 0 spiro atoms. The summed E-state index contributed by atoms with van der Waals surface area (Å²) >= 11 is 0. The largest absolute Gasteiger partial charge is 0.347 e. The zero-order valence-corrected chi connectivity index (χ0v) is 15.5. The Morgan fingerprint density at radius 1 is 1.00 bits per heavy atom. The number of benzene rings is 1. The number of nitrogens with one attached hydrogen (secondary N) is 2. The van der Waals surface area contributed by atoms with Crippen LogP contribution in [-0.4, -0.2) is 40.1 Å². The first-order valence-electron chi connectivity index (χ1n) is 8.45. The first kappa shape index (κ1) is 18.2. The predicted molar refractivity (Wildman–Crippen MR) is 104 cm³/mol. The molecule has 0 radical (unpaired) electrons. The van der Waals surface area contributed by atoms with E-state index in [9.17, 15) is 4.79 Å². The van der Waals surface area contributed by atoms with Crippen molar-refractivity contribution in [2.45, 2.75) is 13.5 Å². The maximum Gasteiger partial charge on any atom is 0.319 e. The highest BCUT2D eigenvalue weighted by Gasteiger charge is 2.06. The third-order valence-electron chi connectivity index (χ3n) is 3.73. The molecule has 2 aromatic heterocycles. The van der Waals surface area contributed by atoms with E-state index in [-0.39, 0.29) is 6.03 Å². The van der Waals surface area contributed by atoms with Crippen LogP contribution in [0.2, 0.25) is 0 Å². The molecular weight excluding hydrogens is 342 g/mol. The molecule has 2 heterocycles. The van der Waals surface area contributed by atoms with Gasteiger partial charge in [0.15, 0.2) is 5.82 Å². The van der Waals surface area contributed by atoms with E-state index in [0.29, 0.717) is 24.0 Å². The number of carbonyl (C=O) groups excluding carboxylic acids is 1. The van der Waals surface area contributed by atoms with Crippen molar-refractivity contribution in [1.82, 2.24) is 25.3 Å². The second kappa shape index (κ2) is 8.22. The normalized spacial score (nSPS) is 10.3. The van der Waals surface area contributed by atoms with Crippen LogP contribution < -0.4 is 15.5 Å². The van der Waals surface area contributed by atoms with Gasteiger partial charge in [-0.15, -0.1) is 0 Å². The maximum atomic E-state index is 12.1. The fourth-order valence-electron chi connectivity index (χ4n) is 2.34. The summed E-state index contributed by atoms with van der Waals surface area (Å²) in [6.45, 7) is 2.23. The molecule has 8 heteroatoms. The average molecular weight is 363 g/mol. The third-order valence-corrected chi connectivity index (χ3v) is 3.73. The van der Waals surface area contributed by atoms with Gasteiger partial charge >= 0.3 is 6.03 Å². The van der Waals surface area contributed by atoms with Crippen LogP contribution >= 0.6 is 0 Å². The highest BCUT2D eigenvalue weighted by molar-refractivity contribution is 5.89. The van der Waals surface area contributed by atoms with E-state index < -0.39 is 0 Å². The lowest BCUT2D eigenvalue weighted by Crippen LogP contribution is -2.28. The van der Waals surface area contributed by atoms with E-state index in [2.05, 4.69) is 30.6 Å². The Hall–Kier alpha value is -3.55. The summed E-state index contributed by atoms with van der Waals surface area (Å²) in [5.74, 6) is 1.26. The Bertz CT molecular complexity index is 925. The lowest BCUT2D eigenvalue weighted by Gasteiger charge is -2.11. The summed E-state index contributed by atoms with van der Waals surface area (Å²) in [5, 5.41) is 5.58. The van der Waals surface area contributed by atoms with Crippen LogP contribution in [0.5, 0.6) is 0 Å². The molecule has 138 valence electrons. The molecule has 3 rings (SSSR count). The van der Waals surface area contributed by atoms with Gasteiger partial charge in [-0.3, -0.25) is 0 Å². The fourth-order valence-corrected chi connectivity index (χ4v) is 2.34. The number of amides is 2. The Labute approximate surface area is 157 Å². The van der Waals surface area contributed by atoms with Gasteiger partial charge in [0, 0.05) is 43.4 Å². The van der Waals surface area contributed by atoms with Crippen molar-refractivity contribution in [3.05, 3.63) is 60.2 Å². The van der Waals surface area contributed by atoms with Gasteiger partial charge in [-0.25, -0.2) is 24.7 Å². The molecular formula is C19H21N7O. The highest BCUT2D eigenvalue weighted by atomic mass is 16.2. The zero-order valence-electron chi connectivity index (χ0n) is 15.5. The number of hydrogen-bond donors (Lipinski definition) is 2. The number of aromatic nitrogens is 4. The first-order valence-corrected chi connectivity index (χ1v) is 8.45. The van der Waals surface area contributed by atoms with Gasteiger partial charge in [-0.2, -0.15) is 0 Å². The van der Waals surface area contributed by atoms with Crippen LogP contribution in [-0.2, 0) is 6.54 Å². The Balaban J connectivity index is 1.57. The van der Waals surface area contributed by atoms with E-state index >= 15 is 0 Å². The van der Waals surface area contributed by atoms with Gasteiger partial charge in [0.2, 0.25) is 5.95 Å². The minimum Gasteiger partial charge on any atom is -0.347 e. The topological polar surface area (TPSA) is 95.9 Å². The predicted octanol–water partition coefficient (Wildman–Crippen LogP) is 2.63. The fraction of sp³-hybridized carbons (Fsp3) is 0.211. The summed E-state index contributed by atoms with van der Waals surface area (Å²) in [4.78, 5) is 31.1. The zero-order chi connectivity index (χ0) is 19.2. The molecule has 2 N–H and O–H groups in total. The molecule has 0 saturated heterocycles. The van der Waals surface area contributed by atoms with E-state index in [1.54, 1.807) is 18.5 Å². The molecule has 2 amide bonds. The van der Waals surface area contributed by atoms with E-state index in [1.165, 1.54) is 0 Å². The molecule has 1 aromatic carbocycles. The van der Waals surface area contributed by atoms with Crippen LogP contribution in [0.25, 0.3) is 11.4 Å². The third kappa shape index (κ3) is 4.97. The Morgan fingerprint density at radius 3 is 2.44 bits per heavy atom. The summed E-state index contributed by atoms with van der Waals surface area (Å²) in [6, 6.07) is 10.7. The Morgan fingerprint density at radius 2 is 1.74 bits per heavy atom. The lowest BCUT2D eigenvalue weighted by molar-refractivity contribution is 0.251. The lowest BCUT2D eigenvalue weighted by atomic mass is 10.2. The van der Waals surface area contributed by atoms with Crippen molar-refractivity contribution in [3.63, 3.8) is 0 Å². The second-order valence-corrected chi connectivity index (χ2v) is 6.15. The van der Waals surface area contributed by atoms with Crippen LogP contribution in [0.4, 0.5) is 16.4 Å². The van der Waals surface area contributed by atoms with Crippen molar-refractivity contribution in [3.8, 4) is 11.4 Å². The molecule has 8 nitrogen and oxygen atoms in total. The van der Waals surface area contributed by atoms with E-state index in [4.69, 9.17) is 0 Å². The molecule has 0 fully saturated rings. The first-order chi connectivity index (χ1) is 13.0. The number of nitrogens with zero attached hydrogens (tertiary/aromatic N) is 5. The van der Waals surface area contributed by atoms with Gasteiger partial charge in [-0.1, -0.05) is 0 Å². The molecule has 0 atom stereocenters. The number of anilines is 2. The van der Waals surface area contributed by atoms with Crippen molar-refractivity contribution in [2.24, 2.45) is 0 Å². The standard InChI is InChI=1S/C19H21N7O/c1-13-8-10-20-17(23-13)14-4-6-15(7-5-14)25-19(27)22-12-16-9-11-21-18(24-16)26(2)3/h4-11H,12H2,1-3H3,(H2,22,25,27). The maximum absolute atomic E-state index is 12.1. The minimum atomic E-state index is -0.306. The van der Waals surface area contributed by atoms with Gasteiger partial charge < -0.3 is 15.5 Å². The van der Waals surface area contributed by atoms with E-state index in [0.717, 1.165) is 17.0 Å². The second-order valence-electron chi connectivity index (χ2n) is 6.15. The SMILES string of the molecule is Cc1ccnc(-c2ccc(NC(=O)NCc3ccnc(N(C)C)n3)cc2)n1. The van der Waals surface area contributed by atoms with Crippen molar-refractivity contribution < 1.29 is 4.79 Å². The average Bonchev–Trinajstić information content (AvgIpc) is 2.67. The van der Waals surface area contributed by atoms with Crippen molar-refractivity contribution in [1.29, 1.82) is 0 Å². The molecule has 27 heavy (non-hydrogen) atoms. The summed E-state index contributed by atoms with van der Waals surface area (Å²) in [6.07, 6.45) is 3.40. The highest BCUT2D eigenvalue weighted by Crippen LogP contribution is 2.17. The van der Waals surface area contributed by atoms with Gasteiger partial charge in [-0.05, 0) is 43.3 Å². The van der Waals surface area contributed by atoms with Crippen LogP contribution in [0, 0.1) is 6.92 Å². The van der Waals surface area contributed by atoms with Gasteiger partial charge in [0.05, 0.1) is 12.2 Å². The van der Waals surface area contributed by atoms with Crippen LogP contribution in [0.3, 0.4) is 0 Å². The molecule has 0 aliphatic heterocycles. The van der Waals surface area contributed by atoms with Crippen LogP contribution in [0.1, 0.15) is 11.4 Å². The van der Waals surface area contributed by atoms with Gasteiger partial charge in [0.1, 0.15) is 0 Å². The molecule has 0 aliphatic carbocycles. The molecule has 0 saturated carbocycles. The summed E-state index contributed by atoms with van der Waals surface area (Å²) in [7, 11) is 3.73. The van der Waals surface area contributed by atoms with Crippen LogP contribution in [0.15, 0.2) is 48.8 Å². The summed E-state index contributed by atoms with van der Waals surface area (Å²) in [5.41, 5.74) is 3.21. The number of rotatable bonds is 5. The molecule has 0 bridgehead atoms. The smallest absolute Gasteiger partial charge is 0.319 e. The molecule has 0 unspecified atom stereocenters. The van der Waals surface area contributed by atoms with Crippen molar-refractivity contribution in [2.75, 3.05) is 24.3 Å². The molecule has 0 aliphatic rings. The number of urea groups is 1. The molecule has 3 aromatic rings. The minimum absolute atomic E-state index is 0.306. The van der Waals surface area contributed by atoms with E-state index in [1.807, 2.05) is 56.3 Å². The van der Waals surface area contributed by atoms with Crippen molar-refractivity contribution >= 4 is 17.7 Å². The number of hydrogen-bond acceptors (Lipinski definition) is 6. The monoisotopic (exact) mass is 363 g/mol. The quantitative estimate of drug-likeness (QED) is 0.723. The summed E-state index contributed by atoms with van der Waals surface area (Å²) < 4.78 is 0. The van der Waals surface area contributed by atoms with Gasteiger partial charge in [0.25, 0.3) is 0 Å². The number of carbonyl (C=O) groups is 1. The Kier molecular flexibility index (Phi) is 5.55. The number of aryl methyl sites for hydroxylation is 1.